The van der Waals surface area contributed by atoms with Crippen LogP contribution in [0.5, 0.6) is 0 Å². The zero-order chi connectivity index (χ0) is 15.1. The molecule has 2 aromatic rings. The molecule has 108 valence electrons. The molecule has 0 radical (unpaired) electrons. The predicted molar refractivity (Wildman–Crippen MR) is 77.2 cm³/mol. The first kappa shape index (κ1) is 14.8. The van der Waals surface area contributed by atoms with Gasteiger partial charge in [0.25, 0.3) is 5.91 Å². The lowest BCUT2D eigenvalue weighted by Gasteiger charge is -2.06. The molecule has 0 spiro atoms. The van der Waals surface area contributed by atoms with E-state index in [9.17, 15) is 4.79 Å². The van der Waals surface area contributed by atoms with E-state index in [-0.39, 0.29) is 12.5 Å². The van der Waals surface area contributed by atoms with Crippen LogP contribution >= 0.6 is 0 Å². The molecule has 1 aromatic carbocycles. The summed E-state index contributed by atoms with van der Waals surface area (Å²) < 4.78 is 1.74. The first-order chi connectivity index (χ1) is 10.2. The zero-order valence-corrected chi connectivity index (χ0v) is 11.7. The van der Waals surface area contributed by atoms with E-state index in [1.165, 1.54) is 0 Å². The Balaban J connectivity index is 2.09. The molecule has 0 fully saturated rings. The highest BCUT2D eigenvalue weighted by molar-refractivity contribution is 5.96. The molecule has 0 atom stereocenters. The summed E-state index contributed by atoms with van der Waals surface area (Å²) in [5.74, 6) is 6.17. The normalized spacial score (nSPS) is 9.81. The van der Waals surface area contributed by atoms with Gasteiger partial charge in [0.2, 0.25) is 0 Å². The third-order valence-corrected chi connectivity index (χ3v) is 2.84. The number of hydrogen-bond donors (Lipinski definition) is 2. The fourth-order valence-corrected chi connectivity index (χ4v) is 1.73. The summed E-state index contributed by atoms with van der Waals surface area (Å²) in [4.78, 5) is 12.2. The minimum absolute atomic E-state index is 0.00746. The third kappa shape index (κ3) is 3.91. The summed E-state index contributed by atoms with van der Waals surface area (Å²) in [7, 11) is 1.82. The lowest BCUT2D eigenvalue weighted by Crippen LogP contribution is -2.25. The van der Waals surface area contributed by atoms with E-state index in [2.05, 4.69) is 27.4 Å². The van der Waals surface area contributed by atoms with E-state index in [4.69, 9.17) is 5.11 Å². The summed E-state index contributed by atoms with van der Waals surface area (Å²) in [6.45, 7) is 0.307. The third-order valence-electron chi connectivity index (χ3n) is 2.84. The van der Waals surface area contributed by atoms with Gasteiger partial charge in [0.15, 0.2) is 5.82 Å². The van der Waals surface area contributed by atoms with Gasteiger partial charge in [0, 0.05) is 19.0 Å². The van der Waals surface area contributed by atoms with E-state index in [1.54, 1.807) is 29.1 Å². The number of nitrogens with zero attached hydrogens (tertiary/aromatic N) is 3. The fraction of sp³-hybridized carbons (Fsp3) is 0.267. The van der Waals surface area contributed by atoms with Gasteiger partial charge in [-0.2, -0.15) is 0 Å². The SMILES string of the molecule is Cn1cnnc1CNC(=O)c1ccccc1C#CCCO. The van der Waals surface area contributed by atoms with Crippen molar-refractivity contribution in [3.8, 4) is 11.8 Å². The Morgan fingerprint density at radius 1 is 1.43 bits per heavy atom. The number of benzene rings is 1. The topological polar surface area (TPSA) is 80.0 Å². The van der Waals surface area contributed by atoms with Crippen LogP contribution in [0.4, 0.5) is 0 Å². The summed E-state index contributed by atoms with van der Waals surface area (Å²) in [5.41, 5.74) is 1.14. The van der Waals surface area contributed by atoms with E-state index >= 15 is 0 Å². The van der Waals surface area contributed by atoms with Gasteiger partial charge in [-0.3, -0.25) is 4.79 Å². The molecule has 6 heteroatoms. The molecule has 21 heavy (non-hydrogen) atoms. The number of aliphatic hydroxyl groups excluding tert-OH is 1. The number of aryl methyl sites for hydroxylation is 1. The maximum absolute atomic E-state index is 12.2. The fourth-order valence-electron chi connectivity index (χ4n) is 1.73. The monoisotopic (exact) mass is 284 g/mol. The molecule has 2 rings (SSSR count). The molecular formula is C15H16N4O2. The maximum Gasteiger partial charge on any atom is 0.252 e. The van der Waals surface area contributed by atoms with Crippen molar-refractivity contribution in [2.75, 3.05) is 6.61 Å². The van der Waals surface area contributed by atoms with Crippen molar-refractivity contribution in [2.24, 2.45) is 7.05 Å². The van der Waals surface area contributed by atoms with Gasteiger partial charge in [-0.1, -0.05) is 24.0 Å². The Labute approximate surface area is 122 Å². The van der Waals surface area contributed by atoms with Gasteiger partial charge in [-0.15, -0.1) is 10.2 Å². The van der Waals surface area contributed by atoms with Crippen LogP contribution in [0.25, 0.3) is 0 Å². The van der Waals surface area contributed by atoms with Gasteiger partial charge < -0.3 is 15.0 Å². The molecular weight excluding hydrogens is 268 g/mol. The average molecular weight is 284 g/mol. The molecule has 0 saturated carbocycles. The standard InChI is InChI=1S/C15H16N4O2/c1-19-11-17-18-14(19)10-16-15(21)13-8-3-2-6-12(13)7-4-5-9-20/h2-3,6,8,11,20H,5,9-10H2,1H3,(H,16,21). The van der Waals surface area contributed by atoms with E-state index in [1.807, 2.05) is 13.1 Å². The van der Waals surface area contributed by atoms with Crippen molar-refractivity contribution in [3.05, 3.63) is 47.5 Å². The van der Waals surface area contributed by atoms with Crippen LogP contribution in [-0.2, 0) is 13.6 Å². The highest BCUT2D eigenvalue weighted by Gasteiger charge is 2.10. The minimum atomic E-state index is -0.216. The maximum atomic E-state index is 12.2. The molecule has 0 aliphatic heterocycles. The summed E-state index contributed by atoms with van der Waals surface area (Å²) in [6.07, 6.45) is 1.96. The second-order valence-electron chi connectivity index (χ2n) is 4.36. The number of hydrogen-bond acceptors (Lipinski definition) is 4. The lowest BCUT2D eigenvalue weighted by atomic mass is 10.1. The van der Waals surface area contributed by atoms with Crippen LogP contribution in [0.1, 0.15) is 28.2 Å². The second kappa shape index (κ2) is 7.22. The molecule has 0 aliphatic rings. The molecule has 0 bridgehead atoms. The summed E-state index contributed by atoms with van der Waals surface area (Å²) in [6, 6.07) is 7.10. The van der Waals surface area contributed by atoms with Crippen molar-refractivity contribution in [3.63, 3.8) is 0 Å². The Morgan fingerprint density at radius 3 is 2.95 bits per heavy atom. The molecule has 1 heterocycles. The number of carbonyl (C=O) groups excluding carboxylic acids is 1. The summed E-state index contributed by atoms with van der Waals surface area (Å²) in [5, 5.41) is 19.2. The first-order valence-corrected chi connectivity index (χ1v) is 6.52. The van der Waals surface area contributed by atoms with Crippen molar-refractivity contribution < 1.29 is 9.90 Å². The lowest BCUT2D eigenvalue weighted by molar-refractivity contribution is 0.0949. The van der Waals surface area contributed by atoms with Gasteiger partial charge in [0.05, 0.1) is 18.7 Å². The van der Waals surface area contributed by atoms with Crippen LogP contribution < -0.4 is 5.32 Å². The largest absolute Gasteiger partial charge is 0.395 e. The van der Waals surface area contributed by atoms with Crippen molar-refractivity contribution >= 4 is 5.91 Å². The van der Waals surface area contributed by atoms with Gasteiger partial charge in [-0.25, -0.2) is 0 Å². The van der Waals surface area contributed by atoms with Crippen molar-refractivity contribution in [2.45, 2.75) is 13.0 Å². The van der Waals surface area contributed by atoms with E-state index in [0.29, 0.717) is 29.9 Å². The number of amides is 1. The minimum Gasteiger partial charge on any atom is -0.395 e. The Kier molecular flexibility index (Phi) is 5.07. The highest BCUT2D eigenvalue weighted by atomic mass is 16.2. The molecule has 1 aromatic heterocycles. The summed E-state index contributed by atoms with van der Waals surface area (Å²) >= 11 is 0. The van der Waals surface area contributed by atoms with E-state index in [0.717, 1.165) is 0 Å². The average Bonchev–Trinajstić information content (AvgIpc) is 2.91. The Bertz CT molecular complexity index is 682. The molecule has 6 nitrogen and oxygen atoms in total. The number of aromatic nitrogens is 3. The number of rotatable bonds is 4. The van der Waals surface area contributed by atoms with Crippen LogP contribution in [0, 0.1) is 11.8 Å². The highest BCUT2D eigenvalue weighted by Crippen LogP contribution is 2.07. The van der Waals surface area contributed by atoms with Crippen LogP contribution in [0.15, 0.2) is 30.6 Å². The quantitative estimate of drug-likeness (QED) is 0.800. The second-order valence-corrected chi connectivity index (χ2v) is 4.36. The smallest absolute Gasteiger partial charge is 0.252 e. The first-order valence-electron chi connectivity index (χ1n) is 6.52. The number of carbonyl (C=O) groups is 1. The van der Waals surface area contributed by atoms with Gasteiger partial charge >= 0.3 is 0 Å². The molecule has 0 aliphatic carbocycles. The molecule has 2 N–H and O–H groups in total. The number of aliphatic hydroxyl groups is 1. The van der Waals surface area contributed by atoms with Crippen LogP contribution in [-0.4, -0.2) is 32.4 Å². The van der Waals surface area contributed by atoms with Crippen LogP contribution in [0.3, 0.4) is 0 Å². The number of nitrogens with one attached hydrogen (secondary N) is 1. The van der Waals surface area contributed by atoms with Crippen LogP contribution in [0.2, 0.25) is 0 Å². The Hall–Kier alpha value is -2.65. The van der Waals surface area contributed by atoms with E-state index < -0.39 is 0 Å². The Morgan fingerprint density at radius 2 is 2.24 bits per heavy atom. The molecule has 1 amide bonds. The van der Waals surface area contributed by atoms with Crippen molar-refractivity contribution in [1.82, 2.24) is 20.1 Å². The zero-order valence-electron chi connectivity index (χ0n) is 11.7. The van der Waals surface area contributed by atoms with Gasteiger partial charge in [-0.05, 0) is 12.1 Å². The molecule has 0 saturated heterocycles. The van der Waals surface area contributed by atoms with Gasteiger partial charge in [0.1, 0.15) is 6.33 Å². The predicted octanol–water partition coefficient (Wildman–Crippen LogP) is 0.479. The van der Waals surface area contributed by atoms with Crippen molar-refractivity contribution in [1.29, 1.82) is 0 Å². The molecule has 0 unspecified atom stereocenters.